The molecule has 3 rings (SSSR count). The van der Waals surface area contributed by atoms with Crippen molar-refractivity contribution in [2.75, 3.05) is 5.75 Å². The number of carbonyl (C=O) groups excluding carboxylic acids is 3. The van der Waals surface area contributed by atoms with E-state index in [-0.39, 0.29) is 53.0 Å². The van der Waals surface area contributed by atoms with Crippen LogP contribution in [0.25, 0.3) is 0 Å². The average molecular weight is 369 g/mol. The molecule has 2 aliphatic rings. The van der Waals surface area contributed by atoms with E-state index in [0.29, 0.717) is 11.3 Å². The van der Waals surface area contributed by atoms with Crippen LogP contribution in [0.15, 0.2) is 35.3 Å². The molecule has 9 heteroatoms. The topological polar surface area (TPSA) is 111 Å². The second-order valence-corrected chi connectivity index (χ2v) is 6.91. The van der Waals surface area contributed by atoms with Gasteiger partial charge in [-0.15, -0.1) is 11.8 Å². The van der Waals surface area contributed by atoms with Gasteiger partial charge >= 0.3 is 29.6 Å². The van der Waals surface area contributed by atoms with Gasteiger partial charge in [0.25, 0.3) is 0 Å². The van der Waals surface area contributed by atoms with Crippen LogP contribution >= 0.6 is 11.8 Å². The molecule has 2 heterocycles. The zero-order chi connectivity index (χ0) is 17.3. The number of nitrogens with one attached hydrogen (secondary N) is 2. The van der Waals surface area contributed by atoms with Crippen molar-refractivity contribution in [2.24, 2.45) is 10.9 Å². The van der Waals surface area contributed by atoms with Gasteiger partial charge in [-0.05, 0) is 5.56 Å². The van der Waals surface area contributed by atoms with Gasteiger partial charge in [-0.25, -0.2) is 0 Å². The van der Waals surface area contributed by atoms with Crippen molar-refractivity contribution in [1.29, 1.82) is 0 Å². The van der Waals surface area contributed by atoms with Crippen LogP contribution in [0.3, 0.4) is 0 Å². The SMILES string of the molecule is CC1CSC(C2NC(=O)C(c3ccccc3)NC2=O)N=C1C(=O)[O-].[Na+]. The number of aliphatic carboxylic acids is 1. The van der Waals surface area contributed by atoms with Gasteiger partial charge in [0.15, 0.2) is 0 Å². The molecule has 2 aliphatic heterocycles. The third-order valence-corrected chi connectivity index (χ3v) is 5.42. The fourth-order valence-electron chi connectivity index (χ4n) is 2.73. The van der Waals surface area contributed by atoms with E-state index in [1.54, 1.807) is 31.2 Å². The molecule has 4 atom stereocenters. The fourth-order valence-corrected chi connectivity index (χ4v) is 3.94. The van der Waals surface area contributed by atoms with Crippen molar-refractivity contribution >= 4 is 35.3 Å². The molecule has 7 nitrogen and oxygen atoms in total. The summed E-state index contributed by atoms with van der Waals surface area (Å²) in [6, 6.07) is 7.26. The summed E-state index contributed by atoms with van der Waals surface area (Å²) in [5, 5.41) is 15.8. The summed E-state index contributed by atoms with van der Waals surface area (Å²) in [6.45, 7) is 1.74. The first-order valence-corrected chi connectivity index (χ1v) is 8.58. The molecule has 0 bridgehead atoms. The number of amides is 2. The van der Waals surface area contributed by atoms with Gasteiger partial charge in [0.2, 0.25) is 11.8 Å². The predicted octanol–water partition coefficient (Wildman–Crippen LogP) is -3.75. The van der Waals surface area contributed by atoms with Gasteiger partial charge in [0.1, 0.15) is 17.5 Å². The maximum absolute atomic E-state index is 12.4. The van der Waals surface area contributed by atoms with Gasteiger partial charge in [0, 0.05) is 11.7 Å². The van der Waals surface area contributed by atoms with E-state index < -0.39 is 23.4 Å². The smallest absolute Gasteiger partial charge is 0.543 e. The van der Waals surface area contributed by atoms with Crippen molar-refractivity contribution in [3.8, 4) is 0 Å². The van der Waals surface area contributed by atoms with Crippen LogP contribution in [0.2, 0.25) is 0 Å². The van der Waals surface area contributed by atoms with Crippen LogP contribution in [0.1, 0.15) is 18.5 Å². The van der Waals surface area contributed by atoms with Crippen LogP contribution in [0.4, 0.5) is 0 Å². The number of thioether (sulfide) groups is 1. The second-order valence-electron chi connectivity index (χ2n) is 5.77. The van der Waals surface area contributed by atoms with E-state index in [1.807, 2.05) is 6.07 Å². The van der Waals surface area contributed by atoms with Crippen molar-refractivity contribution < 1.29 is 49.0 Å². The molecule has 1 aromatic carbocycles. The molecule has 0 saturated carbocycles. The van der Waals surface area contributed by atoms with Crippen molar-refractivity contribution in [3.63, 3.8) is 0 Å². The second kappa shape index (κ2) is 8.35. The molecule has 2 N–H and O–H groups in total. The first-order chi connectivity index (χ1) is 11.5. The molecule has 126 valence electrons. The normalized spacial score (nSPS) is 28.9. The van der Waals surface area contributed by atoms with Gasteiger partial charge in [-0.2, -0.15) is 0 Å². The summed E-state index contributed by atoms with van der Waals surface area (Å²) in [5.74, 6) is -1.81. The first-order valence-electron chi connectivity index (χ1n) is 7.53. The number of piperazine rings is 1. The first kappa shape index (κ1) is 20.0. The van der Waals surface area contributed by atoms with Crippen LogP contribution in [-0.4, -0.2) is 40.7 Å². The number of nitrogens with zero attached hydrogens (tertiary/aromatic N) is 1. The molecular formula is C16H16N3NaO4S. The van der Waals surface area contributed by atoms with E-state index in [9.17, 15) is 19.5 Å². The maximum atomic E-state index is 12.4. The summed E-state index contributed by atoms with van der Waals surface area (Å²) in [7, 11) is 0. The van der Waals surface area contributed by atoms with E-state index in [1.165, 1.54) is 11.8 Å². The molecule has 0 aromatic heterocycles. The van der Waals surface area contributed by atoms with Gasteiger partial charge in [-0.3, -0.25) is 14.6 Å². The minimum Gasteiger partial charge on any atom is -0.543 e. The molecule has 0 aliphatic carbocycles. The number of carbonyl (C=O) groups is 3. The van der Waals surface area contributed by atoms with Crippen LogP contribution in [0.5, 0.6) is 0 Å². The minimum atomic E-state index is -1.34. The van der Waals surface area contributed by atoms with E-state index in [2.05, 4.69) is 15.6 Å². The number of benzene rings is 1. The van der Waals surface area contributed by atoms with Crippen LogP contribution in [-0.2, 0) is 14.4 Å². The van der Waals surface area contributed by atoms with Crippen molar-refractivity contribution in [3.05, 3.63) is 35.9 Å². The number of rotatable bonds is 3. The van der Waals surface area contributed by atoms with E-state index in [0.717, 1.165) is 0 Å². The third kappa shape index (κ3) is 4.25. The minimum absolute atomic E-state index is 0. The molecule has 1 fully saturated rings. The van der Waals surface area contributed by atoms with Gasteiger partial charge in [-0.1, -0.05) is 37.3 Å². The molecular weight excluding hydrogens is 353 g/mol. The molecule has 2 amide bonds. The largest absolute Gasteiger partial charge is 1.00 e. The monoisotopic (exact) mass is 369 g/mol. The molecule has 4 unspecified atom stereocenters. The Morgan fingerprint density at radius 2 is 1.88 bits per heavy atom. The Morgan fingerprint density at radius 3 is 2.52 bits per heavy atom. The zero-order valence-electron chi connectivity index (χ0n) is 13.9. The summed E-state index contributed by atoms with van der Waals surface area (Å²) >= 11 is 1.35. The Hall–Kier alpha value is -1.35. The van der Waals surface area contributed by atoms with Gasteiger partial charge in [0.05, 0.1) is 11.7 Å². The van der Waals surface area contributed by atoms with Crippen LogP contribution < -0.4 is 45.3 Å². The standard InChI is InChI=1S/C16H17N3O4S.Na/c1-8-7-24-15(19-10(8)16(22)23)12-14(21)17-11(13(20)18-12)9-5-3-2-4-6-9;/h2-6,8,11-12,15H,7H2,1H3,(H,17,21)(H,18,20)(H,22,23);/q;+1/p-1. The number of hydrogen-bond donors (Lipinski definition) is 2. The molecule has 1 aromatic rings. The number of aliphatic imine (C=N–C) groups is 1. The van der Waals surface area contributed by atoms with Crippen molar-refractivity contribution in [1.82, 2.24) is 10.6 Å². The predicted molar refractivity (Wildman–Crippen MR) is 87.1 cm³/mol. The summed E-state index contributed by atoms with van der Waals surface area (Å²) in [5.41, 5.74) is 0.622. The Morgan fingerprint density at radius 1 is 1.20 bits per heavy atom. The Kier molecular flexibility index (Phi) is 6.67. The van der Waals surface area contributed by atoms with Crippen molar-refractivity contribution in [2.45, 2.75) is 24.4 Å². The molecule has 0 radical (unpaired) electrons. The maximum Gasteiger partial charge on any atom is 1.00 e. The molecule has 1 saturated heterocycles. The summed E-state index contributed by atoms with van der Waals surface area (Å²) < 4.78 is 0. The van der Waals surface area contributed by atoms with Gasteiger partial charge < -0.3 is 20.5 Å². The summed E-state index contributed by atoms with van der Waals surface area (Å²) in [4.78, 5) is 40.0. The third-order valence-electron chi connectivity index (χ3n) is 4.01. The van der Waals surface area contributed by atoms with E-state index >= 15 is 0 Å². The van der Waals surface area contributed by atoms with Crippen LogP contribution in [0, 0.1) is 5.92 Å². The Balaban J connectivity index is 0.00000225. The number of carboxylic acids is 1. The quantitative estimate of drug-likeness (QED) is 0.532. The van der Waals surface area contributed by atoms with E-state index in [4.69, 9.17) is 0 Å². The Labute approximate surface area is 171 Å². The Bertz CT molecular complexity index is 713. The molecule has 0 spiro atoms. The average Bonchev–Trinajstić information content (AvgIpc) is 2.57. The summed E-state index contributed by atoms with van der Waals surface area (Å²) in [6.07, 6.45) is 0. The molecule has 25 heavy (non-hydrogen) atoms. The number of hydrogen-bond acceptors (Lipinski definition) is 6. The zero-order valence-corrected chi connectivity index (χ0v) is 16.7. The number of carboxylic acid groups (broad SMARTS) is 1. The fraction of sp³-hybridized carbons (Fsp3) is 0.375.